The average Bonchev–Trinajstić information content (AvgIpc) is 3.01. The third-order valence-corrected chi connectivity index (χ3v) is 4.51. The summed E-state index contributed by atoms with van der Waals surface area (Å²) in [5, 5.41) is 8.08. The van der Waals surface area contributed by atoms with Gasteiger partial charge in [-0.3, -0.25) is 4.90 Å². The van der Waals surface area contributed by atoms with Gasteiger partial charge in [-0.2, -0.15) is 5.10 Å². The van der Waals surface area contributed by atoms with Crippen LogP contribution in [0.15, 0.2) is 6.33 Å². The Labute approximate surface area is 115 Å². The number of nitrogens with one attached hydrogen (secondary N) is 1. The molecule has 0 atom stereocenters. The van der Waals surface area contributed by atoms with Crippen LogP contribution in [0.3, 0.4) is 0 Å². The van der Waals surface area contributed by atoms with Crippen LogP contribution in [0.1, 0.15) is 44.9 Å². The fourth-order valence-corrected chi connectivity index (χ4v) is 3.57. The summed E-state index contributed by atoms with van der Waals surface area (Å²) in [7, 11) is 0. The first kappa shape index (κ1) is 13.1. The number of nitrogens with zero attached hydrogens (tertiary/aromatic N) is 4. The predicted molar refractivity (Wildman–Crippen MR) is 74.8 cm³/mol. The number of hydrogen-bond acceptors (Lipinski definition) is 4. The summed E-state index contributed by atoms with van der Waals surface area (Å²) in [6, 6.07) is 0. The molecule has 106 valence electrons. The van der Waals surface area contributed by atoms with Crippen LogP contribution in [-0.4, -0.2) is 44.8 Å². The zero-order valence-corrected chi connectivity index (χ0v) is 11.9. The number of aryl methyl sites for hydroxylation is 1. The van der Waals surface area contributed by atoms with Gasteiger partial charge in [-0.05, 0) is 19.3 Å². The Hall–Kier alpha value is -0.940. The van der Waals surface area contributed by atoms with Crippen molar-refractivity contribution in [3.8, 4) is 0 Å². The molecule has 1 aliphatic carbocycles. The molecule has 3 rings (SSSR count). The Morgan fingerprint density at radius 1 is 1.37 bits per heavy atom. The van der Waals surface area contributed by atoms with Crippen LogP contribution in [0.2, 0.25) is 0 Å². The molecule has 0 bridgehead atoms. The Morgan fingerprint density at radius 2 is 2.21 bits per heavy atom. The molecule has 2 aliphatic rings. The maximum atomic E-state index is 4.43. The van der Waals surface area contributed by atoms with E-state index >= 15 is 0 Å². The third kappa shape index (κ3) is 2.82. The Kier molecular flexibility index (Phi) is 3.84. The summed E-state index contributed by atoms with van der Waals surface area (Å²) in [6.45, 7) is 7.52. The molecule has 1 aromatic heterocycles. The quantitative estimate of drug-likeness (QED) is 0.892. The lowest BCUT2D eigenvalue weighted by atomic mass is 9.94. The van der Waals surface area contributed by atoms with E-state index < -0.39 is 0 Å². The molecule has 5 nitrogen and oxygen atoms in total. The third-order valence-electron chi connectivity index (χ3n) is 4.51. The summed E-state index contributed by atoms with van der Waals surface area (Å²) in [5.41, 5.74) is 0.397. The summed E-state index contributed by atoms with van der Waals surface area (Å²) in [6.07, 6.45) is 8.25. The SMILES string of the molecule is CCCn1ncnc1CN1CCNC2(CCCC2)C1. The molecule has 5 heteroatoms. The van der Waals surface area contributed by atoms with E-state index in [2.05, 4.69) is 31.9 Å². The fourth-order valence-electron chi connectivity index (χ4n) is 3.57. The van der Waals surface area contributed by atoms with E-state index in [9.17, 15) is 0 Å². The second kappa shape index (κ2) is 5.59. The van der Waals surface area contributed by atoms with Crippen LogP contribution in [0.25, 0.3) is 0 Å². The van der Waals surface area contributed by atoms with Gasteiger partial charge < -0.3 is 5.32 Å². The van der Waals surface area contributed by atoms with Gasteiger partial charge in [0.15, 0.2) is 0 Å². The lowest BCUT2D eigenvalue weighted by Crippen LogP contribution is -2.58. The molecule has 19 heavy (non-hydrogen) atoms. The molecule has 0 amide bonds. The fraction of sp³-hybridized carbons (Fsp3) is 0.857. The highest BCUT2D eigenvalue weighted by Crippen LogP contribution is 2.32. The molecule has 1 N–H and O–H groups in total. The van der Waals surface area contributed by atoms with Crippen molar-refractivity contribution >= 4 is 0 Å². The molecule has 1 saturated heterocycles. The summed E-state index contributed by atoms with van der Waals surface area (Å²) >= 11 is 0. The van der Waals surface area contributed by atoms with Gasteiger partial charge in [0, 0.05) is 31.7 Å². The van der Waals surface area contributed by atoms with Gasteiger partial charge in [-0.1, -0.05) is 19.8 Å². The summed E-state index contributed by atoms with van der Waals surface area (Å²) in [4.78, 5) is 6.99. The van der Waals surface area contributed by atoms with Crippen molar-refractivity contribution < 1.29 is 0 Å². The molecule has 1 aliphatic heterocycles. The van der Waals surface area contributed by atoms with E-state index in [1.54, 1.807) is 6.33 Å². The number of hydrogen-bond donors (Lipinski definition) is 1. The van der Waals surface area contributed by atoms with Crippen molar-refractivity contribution in [3.63, 3.8) is 0 Å². The highest BCUT2D eigenvalue weighted by atomic mass is 15.4. The molecule has 0 radical (unpaired) electrons. The van der Waals surface area contributed by atoms with Gasteiger partial charge in [-0.25, -0.2) is 9.67 Å². The van der Waals surface area contributed by atoms with Crippen molar-refractivity contribution in [1.82, 2.24) is 25.0 Å². The highest BCUT2D eigenvalue weighted by Gasteiger charge is 2.37. The number of aromatic nitrogens is 3. The largest absolute Gasteiger partial charge is 0.309 e. The molecular formula is C14H25N5. The first-order chi connectivity index (χ1) is 9.31. The van der Waals surface area contributed by atoms with E-state index in [-0.39, 0.29) is 0 Å². The Morgan fingerprint density at radius 3 is 3.00 bits per heavy atom. The van der Waals surface area contributed by atoms with Crippen LogP contribution >= 0.6 is 0 Å². The maximum absolute atomic E-state index is 4.43. The molecule has 0 aromatic carbocycles. The van der Waals surface area contributed by atoms with Gasteiger partial charge in [0.1, 0.15) is 12.2 Å². The number of rotatable bonds is 4. The zero-order valence-electron chi connectivity index (χ0n) is 11.9. The first-order valence-corrected chi connectivity index (χ1v) is 7.65. The minimum Gasteiger partial charge on any atom is -0.309 e. The van der Waals surface area contributed by atoms with E-state index in [0.29, 0.717) is 5.54 Å². The normalized spacial score (nSPS) is 23.2. The lowest BCUT2D eigenvalue weighted by molar-refractivity contribution is 0.124. The van der Waals surface area contributed by atoms with Crippen molar-refractivity contribution in [2.75, 3.05) is 19.6 Å². The molecule has 1 saturated carbocycles. The molecule has 2 heterocycles. The smallest absolute Gasteiger partial charge is 0.141 e. The van der Waals surface area contributed by atoms with Crippen LogP contribution in [0.4, 0.5) is 0 Å². The second-order valence-electron chi connectivity index (χ2n) is 6.02. The van der Waals surface area contributed by atoms with E-state index in [1.165, 1.54) is 32.2 Å². The summed E-state index contributed by atoms with van der Waals surface area (Å²) < 4.78 is 2.06. The van der Waals surface area contributed by atoms with Gasteiger partial charge in [0.2, 0.25) is 0 Å². The van der Waals surface area contributed by atoms with Crippen LogP contribution in [-0.2, 0) is 13.1 Å². The van der Waals surface area contributed by atoms with Gasteiger partial charge in [0.25, 0.3) is 0 Å². The molecule has 1 spiro atoms. The van der Waals surface area contributed by atoms with Crippen LogP contribution in [0.5, 0.6) is 0 Å². The zero-order chi connectivity index (χ0) is 13.1. The van der Waals surface area contributed by atoms with Crippen molar-refractivity contribution in [3.05, 3.63) is 12.2 Å². The maximum Gasteiger partial charge on any atom is 0.141 e. The van der Waals surface area contributed by atoms with Gasteiger partial charge in [0.05, 0.1) is 6.54 Å². The monoisotopic (exact) mass is 263 g/mol. The Balaban J connectivity index is 1.64. The molecule has 0 unspecified atom stereocenters. The predicted octanol–water partition coefficient (Wildman–Crippen LogP) is 1.41. The van der Waals surface area contributed by atoms with E-state index in [4.69, 9.17) is 0 Å². The van der Waals surface area contributed by atoms with E-state index in [0.717, 1.165) is 38.4 Å². The lowest BCUT2D eigenvalue weighted by Gasteiger charge is -2.41. The molecule has 1 aromatic rings. The minimum atomic E-state index is 0.397. The molecular weight excluding hydrogens is 238 g/mol. The van der Waals surface area contributed by atoms with Crippen molar-refractivity contribution in [2.24, 2.45) is 0 Å². The highest BCUT2D eigenvalue weighted by molar-refractivity contribution is 4.99. The van der Waals surface area contributed by atoms with Crippen molar-refractivity contribution in [1.29, 1.82) is 0 Å². The minimum absolute atomic E-state index is 0.397. The number of piperazine rings is 1. The second-order valence-corrected chi connectivity index (χ2v) is 6.02. The van der Waals surface area contributed by atoms with Gasteiger partial charge >= 0.3 is 0 Å². The molecule has 2 fully saturated rings. The average molecular weight is 263 g/mol. The summed E-state index contributed by atoms with van der Waals surface area (Å²) in [5.74, 6) is 1.12. The Bertz CT molecular complexity index is 408. The van der Waals surface area contributed by atoms with Crippen molar-refractivity contribution in [2.45, 2.75) is 57.7 Å². The standard InChI is InChI=1S/C14H25N5/c1-2-8-19-13(15-12-17-19)10-18-9-7-16-14(11-18)5-3-4-6-14/h12,16H,2-11H2,1H3. The van der Waals surface area contributed by atoms with Gasteiger partial charge in [-0.15, -0.1) is 0 Å². The van der Waals surface area contributed by atoms with Crippen LogP contribution in [0, 0.1) is 0 Å². The van der Waals surface area contributed by atoms with Crippen LogP contribution < -0.4 is 5.32 Å². The first-order valence-electron chi connectivity index (χ1n) is 7.65. The topological polar surface area (TPSA) is 46.0 Å². The van der Waals surface area contributed by atoms with E-state index in [1.807, 2.05) is 0 Å².